The minimum Gasteiger partial charge on any atom is -0.369 e. The number of hydrogen-bond donors (Lipinski definition) is 2. The van der Waals surface area contributed by atoms with Crippen molar-refractivity contribution in [3.05, 3.63) is 58.1 Å². The molecule has 2 aromatic rings. The third-order valence-corrected chi connectivity index (χ3v) is 6.65. The first-order valence-electron chi connectivity index (χ1n) is 11.3. The molecule has 1 saturated heterocycles. The summed E-state index contributed by atoms with van der Waals surface area (Å²) in [6.45, 7) is 3.51. The molecule has 0 unspecified atom stereocenters. The molecule has 1 fully saturated rings. The highest BCUT2D eigenvalue weighted by atomic mass is 79.9. The quantitative estimate of drug-likeness (QED) is 0.597. The maximum atomic E-state index is 13.3. The molecule has 0 aliphatic carbocycles. The molecule has 0 bridgehead atoms. The average molecular weight is 529 g/mol. The first-order chi connectivity index (χ1) is 16.3. The summed E-state index contributed by atoms with van der Waals surface area (Å²) in [6.07, 6.45) is 0.860. The molecular formula is C25H29BrN4O4. The Morgan fingerprint density at radius 2 is 1.79 bits per heavy atom. The zero-order valence-electron chi connectivity index (χ0n) is 19.3. The van der Waals surface area contributed by atoms with Crippen LogP contribution in [0.5, 0.6) is 0 Å². The molecule has 2 aliphatic heterocycles. The smallest absolute Gasteiger partial charge is 0.322 e. The summed E-state index contributed by atoms with van der Waals surface area (Å²) in [6, 6.07) is 12.1. The van der Waals surface area contributed by atoms with Crippen LogP contribution in [0.4, 0.5) is 16.2 Å². The summed E-state index contributed by atoms with van der Waals surface area (Å²) in [5.41, 5.74) is 3.84. The molecule has 3 amide bonds. The van der Waals surface area contributed by atoms with Crippen LogP contribution in [0, 0.1) is 0 Å². The van der Waals surface area contributed by atoms with Gasteiger partial charge in [-0.1, -0.05) is 22.0 Å². The highest BCUT2D eigenvalue weighted by molar-refractivity contribution is 9.10. The van der Waals surface area contributed by atoms with Gasteiger partial charge in [0.1, 0.15) is 12.6 Å². The van der Waals surface area contributed by atoms with Crippen LogP contribution in [-0.4, -0.2) is 66.4 Å². The molecule has 0 spiro atoms. The van der Waals surface area contributed by atoms with Crippen LogP contribution in [-0.2, 0) is 27.3 Å². The lowest BCUT2D eigenvalue weighted by Crippen LogP contribution is -2.45. The maximum Gasteiger partial charge on any atom is 0.322 e. The van der Waals surface area contributed by atoms with E-state index in [1.54, 1.807) is 12.1 Å². The van der Waals surface area contributed by atoms with Crippen molar-refractivity contribution in [1.29, 1.82) is 0 Å². The van der Waals surface area contributed by atoms with E-state index in [1.807, 2.05) is 30.3 Å². The number of nitrogens with one attached hydrogen (secondary N) is 2. The predicted molar refractivity (Wildman–Crippen MR) is 134 cm³/mol. The number of carbonyl (C=O) groups is 3. The van der Waals surface area contributed by atoms with Gasteiger partial charge in [-0.3, -0.25) is 9.59 Å². The zero-order chi connectivity index (χ0) is 24.2. The van der Waals surface area contributed by atoms with E-state index in [-0.39, 0.29) is 30.9 Å². The average Bonchev–Trinajstić information content (AvgIpc) is 3.24. The molecule has 0 radical (unpaired) electrons. The summed E-state index contributed by atoms with van der Waals surface area (Å²) in [5.74, 6) is -0.369. The minimum atomic E-state index is -0.713. The number of likely N-dealkylation sites (tertiary alicyclic amines) is 1. The molecule has 34 heavy (non-hydrogen) atoms. The van der Waals surface area contributed by atoms with Gasteiger partial charge in [0.2, 0.25) is 5.91 Å². The Morgan fingerprint density at radius 3 is 2.53 bits per heavy atom. The number of ether oxygens (including phenoxy) is 1. The second-order valence-corrected chi connectivity index (χ2v) is 9.85. The normalized spacial score (nSPS) is 20.0. The van der Waals surface area contributed by atoms with E-state index >= 15 is 0 Å². The van der Waals surface area contributed by atoms with Gasteiger partial charge in [0.25, 0.3) is 0 Å². The Balaban J connectivity index is 1.47. The lowest BCUT2D eigenvalue weighted by atomic mass is 9.99. The Kier molecular flexibility index (Phi) is 7.65. The van der Waals surface area contributed by atoms with Crippen LogP contribution in [0.2, 0.25) is 0 Å². The second-order valence-electron chi connectivity index (χ2n) is 8.94. The van der Waals surface area contributed by atoms with Crippen molar-refractivity contribution < 1.29 is 19.1 Å². The molecule has 180 valence electrons. The number of hydrogen-bond acceptors (Lipinski definition) is 5. The van der Waals surface area contributed by atoms with Crippen molar-refractivity contribution in [3.8, 4) is 0 Å². The maximum absolute atomic E-state index is 13.3. The lowest BCUT2D eigenvalue weighted by molar-refractivity contribution is -0.123. The first-order valence-corrected chi connectivity index (χ1v) is 12.1. The molecule has 0 aromatic heterocycles. The van der Waals surface area contributed by atoms with Crippen molar-refractivity contribution in [2.24, 2.45) is 0 Å². The van der Waals surface area contributed by atoms with E-state index < -0.39 is 12.1 Å². The third-order valence-electron chi connectivity index (χ3n) is 6.12. The lowest BCUT2D eigenvalue weighted by Gasteiger charge is -2.26. The Hall–Kier alpha value is -2.75. The van der Waals surface area contributed by atoms with E-state index in [4.69, 9.17) is 4.74 Å². The van der Waals surface area contributed by atoms with Gasteiger partial charge in [-0.15, -0.1) is 0 Å². The number of Topliss-reactive ketones (excluding diaryl/α,β-unsaturated/α-hetero) is 1. The standard InChI is InChI=1S/C25H29BrN4O4/c1-16(31)15-34-22-12-23(30(14-22)25(33)28-20-7-4-19(26)5-8-20)24(32)27-21-6-3-18-13-29(2)10-9-17(18)11-21/h3-8,11,22-23H,9-10,12-15H2,1-2H3,(H,27,32)(H,28,33)/t22-,23-/m1/s1. The molecule has 0 saturated carbocycles. The van der Waals surface area contributed by atoms with Crippen LogP contribution >= 0.6 is 15.9 Å². The number of anilines is 2. The summed E-state index contributed by atoms with van der Waals surface area (Å²) >= 11 is 3.38. The van der Waals surface area contributed by atoms with Crippen molar-refractivity contribution >= 4 is 45.0 Å². The SMILES string of the molecule is CC(=O)CO[C@@H]1C[C@H](C(=O)Nc2ccc3c(c2)CCN(C)C3)N(C(=O)Nc2ccc(Br)cc2)C1. The van der Waals surface area contributed by atoms with Crippen LogP contribution in [0.25, 0.3) is 0 Å². The van der Waals surface area contributed by atoms with Crippen LogP contribution in [0.1, 0.15) is 24.5 Å². The summed E-state index contributed by atoms with van der Waals surface area (Å²) < 4.78 is 6.56. The molecular weight excluding hydrogens is 500 g/mol. The fourth-order valence-corrected chi connectivity index (χ4v) is 4.62. The molecule has 2 aliphatic rings. The monoisotopic (exact) mass is 528 g/mol. The van der Waals surface area contributed by atoms with Crippen LogP contribution in [0.15, 0.2) is 46.9 Å². The van der Waals surface area contributed by atoms with E-state index in [1.165, 1.54) is 23.0 Å². The fourth-order valence-electron chi connectivity index (χ4n) is 4.35. The molecule has 2 atom stereocenters. The number of nitrogens with zero attached hydrogens (tertiary/aromatic N) is 2. The second kappa shape index (κ2) is 10.7. The highest BCUT2D eigenvalue weighted by Crippen LogP contribution is 2.26. The minimum absolute atomic E-state index is 0.0412. The van der Waals surface area contributed by atoms with Gasteiger partial charge >= 0.3 is 6.03 Å². The molecule has 2 heterocycles. The summed E-state index contributed by atoms with van der Waals surface area (Å²) in [4.78, 5) is 41.5. The number of urea groups is 1. The summed E-state index contributed by atoms with van der Waals surface area (Å²) in [7, 11) is 2.09. The Bertz CT molecular complexity index is 1080. The topological polar surface area (TPSA) is 91.0 Å². The number of amides is 3. The van der Waals surface area contributed by atoms with Gasteiger partial charge in [0.05, 0.1) is 6.10 Å². The molecule has 4 rings (SSSR count). The number of likely N-dealkylation sites (N-methyl/N-ethyl adjacent to an activating group) is 1. The fraction of sp³-hybridized carbons (Fsp3) is 0.400. The predicted octanol–water partition coefficient (Wildman–Crippen LogP) is 3.66. The van der Waals surface area contributed by atoms with E-state index in [2.05, 4.69) is 38.5 Å². The van der Waals surface area contributed by atoms with E-state index in [0.717, 1.165) is 29.7 Å². The number of ketones is 1. The number of rotatable bonds is 6. The molecule has 8 nitrogen and oxygen atoms in total. The van der Waals surface area contributed by atoms with E-state index in [0.29, 0.717) is 12.1 Å². The van der Waals surface area contributed by atoms with Gasteiger partial charge in [-0.25, -0.2) is 4.79 Å². The van der Waals surface area contributed by atoms with Gasteiger partial charge in [0.15, 0.2) is 5.78 Å². The molecule has 9 heteroatoms. The molecule has 2 N–H and O–H groups in total. The van der Waals surface area contributed by atoms with Crippen molar-refractivity contribution in [3.63, 3.8) is 0 Å². The van der Waals surface area contributed by atoms with Crippen LogP contribution in [0.3, 0.4) is 0 Å². The zero-order valence-corrected chi connectivity index (χ0v) is 20.9. The summed E-state index contributed by atoms with van der Waals surface area (Å²) in [5, 5.41) is 5.83. The van der Waals surface area contributed by atoms with Gasteiger partial charge in [-0.2, -0.15) is 0 Å². The largest absolute Gasteiger partial charge is 0.369 e. The highest BCUT2D eigenvalue weighted by Gasteiger charge is 2.40. The first kappa shape index (κ1) is 24.4. The van der Waals surface area contributed by atoms with Crippen molar-refractivity contribution in [2.75, 3.05) is 37.4 Å². The Labute approximate surface area is 207 Å². The molecule has 2 aromatic carbocycles. The van der Waals surface area contributed by atoms with E-state index in [9.17, 15) is 14.4 Å². The van der Waals surface area contributed by atoms with Crippen molar-refractivity contribution in [1.82, 2.24) is 9.80 Å². The van der Waals surface area contributed by atoms with Gasteiger partial charge in [0, 0.05) is 41.9 Å². The van der Waals surface area contributed by atoms with Crippen LogP contribution < -0.4 is 10.6 Å². The van der Waals surface area contributed by atoms with Gasteiger partial charge < -0.3 is 25.2 Å². The van der Waals surface area contributed by atoms with Gasteiger partial charge in [-0.05, 0) is 67.9 Å². The number of carbonyl (C=O) groups excluding carboxylic acids is 3. The number of halogens is 1. The van der Waals surface area contributed by atoms with Crippen molar-refractivity contribution in [2.45, 2.75) is 38.5 Å². The number of fused-ring (bicyclic) bond motifs is 1. The third kappa shape index (κ3) is 6.02. The number of benzene rings is 2. The Morgan fingerprint density at radius 1 is 1.06 bits per heavy atom.